The van der Waals surface area contributed by atoms with Gasteiger partial charge in [-0.25, -0.2) is 13.2 Å². The first kappa shape index (κ1) is 40.8. The minimum Gasteiger partial charge on any atom is -0.481 e. The molecule has 7 nitrogen and oxygen atoms in total. The summed E-state index contributed by atoms with van der Waals surface area (Å²) in [6, 6.07) is -2.12. The second kappa shape index (κ2) is 15.4. The number of alkyl halides is 6. The SMILES string of the molecule is Cc1cc(C2CC2)c(F)c(C)c1-c1cc(C(F)(F)F)c(F)c([C@H](CC(=O)O)NC(=O)C(CC(C)C)n2cc(CCN3CCC3)c(C(F)(F)F)cc2=O)c1F. The van der Waals surface area contributed by atoms with Gasteiger partial charge < -0.3 is 19.9 Å². The number of aromatic nitrogens is 1. The van der Waals surface area contributed by atoms with Crippen molar-refractivity contribution in [1.29, 1.82) is 0 Å². The number of halogens is 9. The number of benzene rings is 2. The summed E-state index contributed by atoms with van der Waals surface area (Å²) in [5.74, 6) is -8.32. The van der Waals surface area contributed by atoms with E-state index >= 15 is 13.2 Å². The largest absolute Gasteiger partial charge is 0.481 e. The van der Waals surface area contributed by atoms with E-state index in [1.165, 1.54) is 19.9 Å². The Labute approximate surface area is 305 Å². The molecular weight excluding hydrogens is 733 g/mol. The minimum absolute atomic E-state index is 0.126. The van der Waals surface area contributed by atoms with Crippen LogP contribution in [0.1, 0.15) is 103 Å². The van der Waals surface area contributed by atoms with Crippen molar-refractivity contribution in [3.63, 3.8) is 0 Å². The van der Waals surface area contributed by atoms with E-state index in [1.54, 1.807) is 13.8 Å². The highest BCUT2D eigenvalue weighted by molar-refractivity contribution is 5.82. The van der Waals surface area contributed by atoms with Crippen LogP contribution < -0.4 is 10.9 Å². The Hall–Kier alpha value is -4.34. The summed E-state index contributed by atoms with van der Waals surface area (Å²) < 4.78 is 134. The van der Waals surface area contributed by atoms with Crippen LogP contribution >= 0.6 is 0 Å². The molecule has 1 aliphatic carbocycles. The van der Waals surface area contributed by atoms with Crippen LogP contribution in [0, 0.1) is 37.2 Å². The second-order valence-corrected chi connectivity index (χ2v) is 14.6. The molecule has 3 aromatic rings. The van der Waals surface area contributed by atoms with Gasteiger partial charge in [0.05, 0.1) is 23.6 Å². The fourth-order valence-corrected chi connectivity index (χ4v) is 7.09. The number of hydrogen-bond donors (Lipinski definition) is 2. The molecule has 2 aliphatic rings. The van der Waals surface area contributed by atoms with Crippen molar-refractivity contribution in [2.24, 2.45) is 5.92 Å². The van der Waals surface area contributed by atoms with Gasteiger partial charge in [0.25, 0.3) is 5.56 Å². The van der Waals surface area contributed by atoms with Gasteiger partial charge in [-0.2, -0.15) is 26.3 Å². The highest BCUT2D eigenvalue weighted by Gasteiger charge is 2.41. The molecule has 1 saturated heterocycles. The van der Waals surface area contributed by atoms with Gasteiger partial charge >= 0.3 is 18.3 Å². The van der Waals surface area contributed by atoms with E-state index in [1.807, 2.05) is 4.90 Å². The topological polar surface area (TPSA) is 91.6 Å². The molecule has 16 heteroatoms. The quantitative estimate of drug-likeness (QED) is 0.170. The molecule has 54 heavy (non-hydrogen) atoms. The fraction of sp³-hybridized carbons (Fsp3) is 0.500. The van der Waals surface area contributed by atoms with Crippen molar-refractivity contribution >= 4 is 11.9 Å². The maximum atomic E-state index is 16.7. The van der Waals surface area contributed by atoms with E-state index in [0.29, 0.717) is 37.6 Å². The number of carbonyl (C=O) groups is 2. The number of rotatable bonds is 13. The van der Waals surface area contributed by atoms with E-state index in [9.17, 15) is 45.8 Å². The van der Waals surface area contributed by atoms with Crippen molar-refractivity contribution in [1.82, 2.24) is 14.8 Å². The summed E-state index contributed by atoms with van der Waals surface area (Å²) in [6.45, 7) is 7.38. The maximum Gasteiger partial charge on any atom is 0.419 e. The Morgan fingerprint density at radius 3 is 2.07 bits per heavy atom. The van der Waals surface area contributed by atoms with E-state index in [2.05, 4.69) is 5.32 Å². The molecule has 294 valence electrons. The number of aryl methyl sites for hydroxylation is 1. The maximum absolute atomic E-state index is 16.7. The van der Waals surface area contributed by atoms with Crippen LogP contribution in [0.2, 0.25) is 0 Å². The van der Waals surface area contributed by atoms with Crippen molar-refractivity contribution < 1.29 is 54.2 Å². The van der Waals surface area contributed by atoms with Crippen molar-refractivity contribution in [2.75, 3.05) is 19.6 Å². The third kappa shape index (κ3) is 8.63. The van der Waals surface area contributed by atoms with E-state index in [0.717, 1.165) is 17.2 Å². The van der Waals surface area contributed by atoms with Gasteiger partial charge in [0.1, 0.15) is 23.5 Å². The van der Waals surface area contributed by atoms with Gasteiger partial charge in [-0.1, -0.05) is 19.9 Å². The van der Waals surface area contributed by atoms with Crippen LogP contribution in [0.3, 0.4) is 0 Å². The summed E-state index contributed by atoms with van der Waals surface area (Å²) >= 11 is 0. The molecule has 2 fully saturated rings. The smallest absolute Gasteiger partial charge is 0.419 e. The number of carboxylic acid groups (broad SMARTS) is 1. The van der Waals surface area contributed by atoms with Crippen LogP contribution in [-0.4, -0.2) is 46.1 Å². The molecule has 1 unspecified atom stereocenters. The lowest BCUT2D eigenvalue weighted by atomic mass is 9.87. The molecule has 2 aromatic carbocycles. The van der Waals surface area contributed by atoms with Crippen LogP contribution in [0.25, 0.3) is 11.1 Å². The zero-order chi connectivity index (χ0) is 40.0. The third-order valence-electron chi connectivity index (χ3n) is 10.0. The number of carbonyl (C=O) groups excluding carboxylic acids is 1. The lowest BCUT2D eigenvalue weighted by Gasteiger charge is -2.31. The van der Waals surface area contributed by atoms with Crippen molar-refractivity contribution in [3.05, 3.63) is 91.1 Å². The fourth-order valence-electron chi connectivity index (χ4n) is 7.09. The number of likely N-dealkylation sites (tertiary alicyclic amines) is 1. The number of nitrogens with one attached hydrogen (secondary N) is 1. The normalized spacial score (nSPS) is 16.3. The Morgan fingerprint density at radius 2 is 1.56 bits per heavy atom. The Bertz CT molecular complexity index is 2000. The molecule has 1 amide bonds. The van der Waals surface area contributed by atoms with E-state index in [4.69, 9.17) is 0 Å². The first-order chi connectivity index (χ1) is 25.1. The van der Waals surface area contributed by atoms with Crippen LogP contribution in [0.5, 0.6) is 0 Å². The average Bonchev–Trinajstić information content (AvgIpc) is 3.86. The Balaban J connectivity index is 1.64. The van der Waals surface area contributed by atoms with Gasteiger partial charge in [0.15, 0.2) is 0 Å². The zero-order valence-corrected chi connectivity index (χ0v) is 30.0. The van der Waals surface area contributed by atoms with Gasteiger partial charge in [-0.05, 0) is 105 Å². The van der Waals surface area contributed by atoms with Crippen molar-refractivity contribution in [2.45, 2.75) is 96.6 Å². The highest BCUT2D eigenvalue weighted by Crippen LogP contribution is 2.46. The number of hydrogen-bond acceptors (Lipinski definition) is 4. The average molecular weight is 774 g/mol. The molecule has 0 radical (unpaired) electrons. The first-order valence-corrected chi connectivity index (χ1v) is 17.6. The van der Waals surface area contributed by atoms with Gasteiger partial charge in [-0.15, -0.1) is 0 Å². The summed E-state index contributed by atoms with van der Waals surface area (Å²) in [6.07, 6.45) is -9.05. The molecule has 0 spiro atoms. The van der Waals surface area contributed by atoms with E-state index < -0.39 is 93.9 Å². The van der Waals surface area contributed by atoms with Crippen LogP contribution in [0.15, 0.2) is 29.2 Å². The van der Waals surface area contributed by atoms with Crippen LogP contribution in [0.4, 0.5) is 39.5 Å². The Kier molecular flexibility index (Phi) is 11.7. The summed E-state index contributed by atoms with van der Waals surface area (Å²) in [5, 5.41) is 11.9. The standard InChI is InChI=1S/C38H40F9N3O4/c1-18(2)12-28(50-17-22(8-11-49-9-5-10-49)25(15-29(50)51)37(42,43)44)36(54)48-27(16-30(52)53)32-34(40)24(14-26(35(32)41)38(45,46)47)31-19(3)13-23(21-6-7-21)33(39)20(31)4/h13-15,17-18,21,27-28H,5-12,16H2,1-4H3,(H,48,54)(H,52,53)/t27-,28?/m0/s1. The molecule has 1 aromatic heterocycles. The summed E-state index contributed by atoms with van der Waals surface area (Å²) in [5.41, 5.74) is -7.23. The molecule has 1 aliphatic heterocycles. The molecule has 2 atom stereocenters. The van der Waals surface area contributed by atoms with Gasteiger partial charge in [0, 0.05) is 29.9 Å². The van der Waals surface area contributed by atoms with Gasteiger partial charge in [-0.3, -0.25) is 14.4 Å². The molecular formula is C38H40F9N3O4. The van der Waals surface area contributed by atoms with Crippen molar-refractivity contribution in [3.8, 4) is 11.1 Å². The molecule has 5 rings (SSSR count). The van der Waals surface area contributed by atoms with Gasteiger partial charge in [0.2, 0.25) is 5.91 Å². The predicted octanol–water partition coefficient (Wildman–Crippen LogP) is 8.63. The summed E-state index contributed by atoms with van der Waals surface area (Å²) in [4.78, 5) is 41.2. The lowest BCUT2D eigenvalue weighted by Crippen LogP contribution is -2.41. The highest BCUT2D eigenvalue weighted by atomic mass is 19.4. The molecule has 2 heterocycles. The van der Waals surface area contributed by atoms with E-state index in [-0.39, 0.29) is 53.6 Å². The number of pyridine rings is 1. The number of nitrogens with zero attached hydrogens (tertiary/aromatic N) is 2. The lowest BCUT2D eigenvalue weighted by molar-refractivity contribution is -0.140. The molecule has 1 saturated carbocycles. The summed E-state index contributed by atoms with van der Waals surface area (Å²) in [7, 11) is 0. The number of aliphatic carboxylic acids is 1. The number of amides is 1. The molecule has 0 bridgehead atoms. The zero-order valence-electron chi connectivity index (χ0n) is 30.0. The Morgan fingerprint density at radius 1 is 0.926 bits per heavy atom. The monoisotopic (exact) mass is 773 g/mol. The first-order valence-electron chi connectivity index (χ1n) is 17.6. The van der Waals surface area contributed by atoms with Crippen LogP contribution in [-0.2, 0) is 28.4 Å². The third-order valence-corrected chi connectivity index (χ3v) is 10.0. The molecule has 2 N–H and O–H groups in total. The second-order valence-electron chi connectivity index (χ2n) is 14.6. The predicted molar refractivity (Wildman–Crippen MR) is 180 cm³/mol. The number of carboxylic acids is 1. The minimum atomic E-state index is -5.46.